The van der Waals surface area contributed by atoms with Crippen LogP contribution in [0.3, 0.4) is 0 Å². The van der Waals surface area contributed by atoms with E-state index < -0.39 is 11.3 Å². The second kappa shape index (κ2) is 4.33. The maximum absolute atomic E-state index is 12.9. The van der Waals surface area contributed by atoms with Crippen molar-refractivity contribution in [1.82, 2.24) is 10.3 Å². The summed E-state index contributed by atoms with van der Waals surface area (Å²) in [6.07, 6.45) is 1.20. The summed E-state index contributed by atoms with van der Waals surface area (Å²) < 4.78 is 24.1. The number of aromatic nitrogens is 1. The molecule has 0 radical (unpaired) electrons. The summed E-state index contributed by atoms with van der Waals surface area (Å²) in [7, 11) is 1.82. The highest BCUT2D eigenvalue weighted by molar-refractivity contribution is 5.17. The Morgan fingerprint density at radius 3 is 2.41 bits per heavy atom. The van der Waals surface area contributed by atoms with E-state index in [0.29, 0.717) is 13.2 Å². The molecule has 17 heavy (non-hydrogen) atoms. The highest BCUT2D eigenvalue weighted by Crippen LogP contribution is 2.29. The second-order valence-electron chi connectivity index (χ2n) is 4.67. The van der Waals surface area contributed by atoms with E-state index in [2.05, 4.69) is 10.3 Å². The van der Waals surface area contributed by atoms with Crippen molar-refractivity contribution >= 4 is 0 Å². The molecule has 1 aliphatic heterocycles. The van der Waals surface area contributed by atoms with Gasteiger partial charge >= 0.3 is 0 Å². The Kier molecular flexibility index (Phi) is 3.16. The van der Waals surface area contributed by atoms with Gasteiger partial charge in [-0.15, -0.1) is 0 Å². The van der Waals surface area contributed by atoms with E-state index in [1.165, 1.54) is 12.3 Å². The Hall–Kier alpha value is -1.04. The molecule has 2 heterocycles. The molecule has 0 aliphatic carbocycles. The first-order valence-electron chi connectivity index (χ1n) is 5.56. The van der Waals surface area contributed by atoms with Crippen LogP contribution >= 0.6 is 0 Å². The molecule has 0 bridgehead atoms. The van der Waals surface area contributed by atoms with Crippen molar-refractivity contribution in [1.29, 1.82) is 0 Å². The van der Waals surface area contributed by atoms with Crippen LogP contribution in [0, 0.1) is 5.82 Å². The van der Waals surface area contributed by atoms with Crippen molar-refractivity contribution in [2.75, 3.05) is 20.3 Å². The molecule has 0 aromatic carbocycles. The number of nitrogens with zero attached hydrogens (tertiary/aromatic N) is 1. The molecule has 1 saturated heterocycles. The molecule has 94 valence electrons. The minimum atomic E-state index is -0.583. The van der Waals surface area contributed by atoms with E-state index in [9.17, 15) is 4.39 Å². The molecule has 1 aromatic rings. The van der Waals surface area contributed by atoms with Crippen LogP contribution in [0.25, 0.3) is 0 Å². The number of likely N-dealkylation sites (N-methyl/N-ethyl adjacent to an activating group) is 1. The van der Waals surface area contributed by atoms with Crippen molar-refractivity contribution in [2.45, 2.75) is 25.2 Å². The molecule has 1 aromatic heterocycles. The standard InChI is InChI=1S/C12H17FN2O2/c1-11(2)16-7-12(14-3,8-17-11)10-5-4-9(13)6-15-10/h4-6,14H,7-8H2,1-3H3. The fourth-order valence-electron chi connectivity index (χ4n) is 1.76. The molecule has 1 N–H and O–H groups in total. The lowest BCUT2D eigenvalue weighted by molar-refractivity contribution is -0.273. The molecule has 0 amide bonds. The van der Waals surface area contributed by atoms with Crippen molar-refractivity contribution in [3.8, 4) is 0 Å². The van der Waals surface area contributed by atoms with Crippen LogP contribution in [0.4, 0.5) is 4.39 Å². The molecule has 2 rings (SSSR count). The van der Waals surface area contributed by atoms with Crippen molar-refractivity contribution in [2.24, 2.45) is 0 Å². The zero-order chi connectivity index (χ0) is 12.5. The van der Waals surface area contributed by atoms with Gasteiger partial charge in [0.1, 0.15) is 11.4 Å². The number of ether oxygens (including phenoxy) is 2. The lowest BCUT2D eigenvalue weighted by Crippen LogP contribution is -2.56. The molecular formula is C12H17FN2O2. The van der Waals surface area contributed by atoms with Crippen LogP contribution in [0.5, 0.6) is 0 Å². The lowest BCUT2D eigenvalue weighted by Gasteiger charge is -2.42. The molecular weight excluding hydrogens is 223 g/mol. The number of hydrogen-bond acceptors (Lipinski definition) is 4. The van der Waals surface area contributed by atoms with Crippen molar-refractivity contribution in [3.63, 3.8) is 0 Å². The fraction of sp³-hybridized carbons (Fsp3) is 0.583. The highest BCUT2D eigenvalue weighted by atomic mass is 19.1. The third-order valence-electron chi connectivity index (χ3n) is 3.03. The van der Waals surface area contributed by atoms with Gasteiger partial charge in [0, 0.05) is 0 Å². The van der Waals surface area contributed by atoms with E-state index in [4.69, 9.17) is 9.47 Å². The Balaban J connectivity index is 2.24. The average Bonchev–Trinajstić information content (AvgIpc) is 2.31. The maximum atomic E-state index is 12.9. The largest absolute Gasteiger partial charge is 0.348 e. The number of rotatable bonds is 2. The van der Waals surface area contributed by atoms with Gasteiger partial charge < -0.3 is 14.8 Å². The van der Waals surface area contributed by atoms with Gasteiger partial charge in [-0.2, -0.15) is 0 Å². The van der Waals surface area contributed by atoms with E-state index in [0.717, 1.165) is 5.69 Å². The summed E-state index contributed by atoms with van der Waals surface area (Å²) in [6.45, 7) is 4.61. The average molecular weight is 240 g/mol. The monoisotopic (exact) mass is 240 g/mol. The summed E-state index contributed by atoms with van der Waals surface area (Å²) >= 11 is 0. The van der Waals surface area contributed by atoms with E-state index >= 15 is 0 Å². The first-order chi connectivity index (χ1) is 7.97. The van der Waals surface area contributed by atoms with Crippen LogP contribution in [0.15, 0.2) is 18.3 Å². The smallest absolute Gasteiger partial charge is 0.162 e. The van der Waals surface area contributed by atoms with Gasteiger partial charge in [-0.1, -0.05) is 0 Å². The zero-order valence-corrected chi connectivity index (χ0v) is 10.3. The van der Waals surface area contributed by atoms with Crippen LogP contribution in [0.2, 0.25) is 0 Å². The number of halogens is 1. The van der Waals surface area contributed by atoms with Gasteiger partial charge in [0.15, 0.2) is 5.79 Å². The van der Waals surface area contributed by atoms with Crippen molar-refractivity contribution < 1.29 is 13.9 Å². The van der Waals surface area contributed by atoms with Crippen LogP contribution in [-0.2, 0) is 15.0 Å². The molecule has 0 atom stereocenters. The third kappa shape index (κ3) is 2.46. The zero-order valence-electron chi connectivity index (χ0n) is 10.3. The van der Waals surface area contributed by atoms with Gasteiger partial charge in [0.2, 0.25) is 0 Å². The fourth-order valence-corrected chi connectivity index (χ4v) is 1.76. The summed E-state index contributed by atoms with van der Waals surface area (Å²) in [4.78, 5) is 4.10. The van der Waals surface area contributed by atoms with E-state index in [1.54, 1.807) is 6.07 Å². The van der Waals surface area contributed by atoms with Crippen LogP contribution < -0.4 is 5.32 Å². The second-order valence-corrected chi connectivity index (χ2v) is 4.67. The van der Waals surface area contributed by atoms with Gasteiger partial charge in [0.05, 0.1) is 25.1 Å². The maximum Gasteiger partial charge on any atom is 0.162 e. The molecule has 4 nitrogen and oxygen atoms in total. The SMILES string of the molecule is CNC1(c2ccc(F)cn2)COC(C)(C)OC1. The van der Waals surface area contributed by atoms with Gasteiger partial charge in [-0.25, -0.2) is 4.39 Å². The quantitative estimate of drug-likeness (QED) is 0.849. The summed E-state index contributed by atoms with van der Waals surface area (Å²) in [5.74, 6) is -0.932. The minimum Gasteiger partial charge on any atom is -0.348 e. The van der Waals surface area contributed by atoms with Crippen molar-refractivity contribution in [3.05, 3.63) is 29.8 Å². The molecule has 5 heteroatoms. The molecule has 0 unspecified atom stereocenters. The normalized spacial score (nSPS) is 22.4. The highest BCUT2D eigenvalue weighted by Gasteiger charge is 2.41. The Morgan fingerprint density at radius 2 is 1.94 bits per heavy atom. The number of nitrogens with one attached hydrogen (secondary N) is 1. The summed E-state index contributed by atoms with van der Waals surface area (Å²) in [5, 5.41) is 3.16. The number of pyridine rings is 1. The predicted octanol–water partition coefficient (Wildman–Crippen LogP) is 1.42. The van der Waals surface area contributed by atoms with Crippen LogP contribution in [0.1, 0.15) is 19.5 Å². The Labute approximate surface area is 100 Å². The molecule has 1 fully saturated rings. The first kappa shape index (κ1) is 12.4. The van der Waals surface area contributed by atoms with Crippen LogP contribution in [-0.4, -0.2) is 31.0 Å². The Bertz CT molecular complexity index is 382. The molecule has 1 aliphatic rings. The van der Waals surface area contributed by atoms with Gasteiger partial charge in [-0.05, 0) is 33.0 Å². The van der Waals surface area contributed by atoms with E-state index in [-0.39, 0.29) is 5.82 Å². The minimum absolute atomic E-state index is 0.349. The van der Waals surface area contributed by atoms with Gasteiger partial charge in [-0.3, -0.25) is 4.98 Å². The predicted molar refractivity (Wildman–Crippen MR) is 60.9 cm³/mol. The third-order valence-corrected chi connectivity index (χ3v) is 3.03. The molecule has 0 spiro atoms. The van der Waals surface area contributed by atoms with Gasteiger partial charge in [0.25, 0.3) is 0 Å². The number of hydrogen-bond donors (Lipinski definition) is 1. The first-order valence-corrected chi connectivity index (χ1v) is 5.56. The Morgan fingerprint density at radius 1 is 1.29 bits per heavy atom. The van der Waals surface area contributed by atoms with E-state index in [1.807, 2.05) is 20.9 Å². The summed E-state index contributed by atoms with van der Waals surface area (Å²) in [5.41, 5.74) is 0.209. The summed E-state index contributed by atoms with van der Waals surface area (Å²) in [6, 6.07) is 3.04. The lowest BCUT2D eigenvalue weighted by atomic mass is 9.95. The topological polar surface area (TPSA) is 43.4 Å². The molecule has 0 saturated carbocycles.